The molecule has 72 heavy (non-hydrogen) atoms. The normalized spacial score (nSPS) is 20.9. The first-order chi connectivity index (χ1) is 35.0. The van der Waals surface area contributed by atoms with Gasteiger partial charge in [-0.1, -0.05) is 223 Å². The summed E-state index contributed by atoms with van der Waals surface area (Å²) in [5.74, 6) is -0.487. The van der Waals surface area contributed by atoms with Gasteiger partial charge in [-0.15, -0.1) is 0 Å². The van der Waals surface area contributed by atoms with Crippen LogP contribution in [0.4, 0.5) is 0 Å². The van der Waals surface area contributed by atoms with Crippen LogP contribution in [0, 0.1) is 0 Å². The van der Waals surface area contributed by atoms with E-state index in [0.29, 0.717) is 13.0 Å². The van der Waals surface area contributed by atoms with Gasteiger partial charge in [0.15, 0.2) is 0 Å². The van der Waals surface area contributed by atoms with Gasteiger partial charge in [0.1, 0.15) is 42.7 Å². The molecule has 1 aliphatic carbocycles. The largest absolute Gasteiger partial charge is 0.472 e. The standard InChI is InChI=1S/C59H109O12P/c1-3-5-7-9-11-13-15-17-19-21-23-25-26-27-29-31-33-35-37-39-41-43-45-47-49-68-50-52(51-69-72(66,67)71-59-57(64)55(62)54(61)56(63)58(59)65)70-53(60)48-46-44-42-40-38-36-34-32-30-28-24-22-20-18-16-14-12-10-8-6-4-2/h16,18,21-24,30,32,52,54-59,61-65H,3-15,17,19-20,25-29,31,33-51H2,1-2H3,(H,66,67)/b18-16-,23-21-,24-22-,32-30-. The van der Waals surface area contributed by atoms with Gasteiger partial charge < -0.3 is 39.9 Å². The molecule has 0 aromatic rings. The molecule has 1 rings (SSSR count). The zero-order valence-electron chi connectivity index (χ0n) is 45.7. The quantitative estimate of drug-likeness (QED) is 0.0146. The van der Waals surface area contributed by atoms with Crippen LogP contribution in [0.3, 0.4) is 0 Å². The fourth-order valence-corrected chi connectivity index (χ4v) is 9.98. The lowest BCUT2D eigenvalue weighted by molar-refractivity contribution is -0.220. The SMILES string of the molecule is CCCCCCC/C=C\C/C=C\C/C=C\CCCCCCCCC(=O)OC(COCCCCCCCCCCCCCC/C=C\CCCCCCCCCC)COP(=O)(O)OC1C(O)C(O)C(O)C(O)C1O. The van der Waals surface area contributed by atoms with Crippen molar-refractivity contribution in [2.24, 2.45) is 0 Å². The van der Waals surface area contributed by atoms with Crippen LogP contribution in [0.5, 0.6) is 0 Å². The highest BCUT2D eigenvalue weighted by Gasteiger charge is 2.51. The minimum atomic E-state index is -5.03. The van der Waals surface area contributed by atoms with Gasteiger partial charge in [-0.3, -0.25) is 13.8 Å². The minimum absolute atomic E-state index is 0.0819. The number of unbranched alkanes of at least 4 members (excludes halogenated alkanes) is 31. The molecule has 0 aliphatic heterocycles. The number of carbonyl (C=O) groups excluding carboxylic acids is 1. The van der Waals surface area contributed by atoms with Crippen LogP contribution < -0.4 is 0 Å². The highest BCUT2D eigenvalue weighted by Crippen LogP contribution is 2.47. The lowest BCUT2D eigenvalue weighted by Crippen LogP contribution is -2.64. The van der Waals surface area contributed by atoms with Crippen molar-refractivity contribution in [1.82, 2.24) is 0 Å². The number of ether oxygens (including phenoxy) is 2. The third-order valence-corrected chi connectivity index (χ3v) is 14.7. The zero-order valence-corrected chi connectivity index (χ0v) is 46.6. The lowest BCUT2D eigenvalue weighted by Gasteiger charge is -2.41. The van der Waals surface area contributed by atoms with Crippen molar-refractivity contribution in [1.29, 1.82) is 0 Å². The summed E-state index contributed by atoms with van der Waals surface area (Å²) in [6.07, 6.45) is 50.4. The summed E-state index contributed by atoms with van der Waals surface area (Å²) in [6.45, 7) is 4.28. The summed E-state index contributed by atoms with van der Waals surface area (Å²) in [6, 6.07) is 0. The molecule has 0 aromatic heterocycles. The smallest absolute Gasteiger partial charge is 0.457 e. The van der Waals surface area contributed by atoms with E-state index >= 15 is 0 Å². The molecule has 0 heterocycles. The maximum absolute atomic E-state index is 12.9. The average Bonchev–Trinajstić information content (AvgIpc) is 3.37. The van der Waals surface area contributed by atoms with Gasteiger partial charge in [0.05, 0.1) is 13.2 Å². The van der Waals surface area contributed by atoms with E-state index in [1.165, 1.54) is 161 Å². The highest BCUT2D eigenvalue weighted by atomic mass is 31.2. The average molecular weight is 1040 g/mol. The number of carbonyl (C=O) groups is 1. The highest BCUT2D eigenvalue weighted by molar-refractivity contribution is 7.47. The summed E-state index contributed by atoms with van der Waals surface area (Å²) in [5, 5.41) is 50.4. The van der Waals surface area contributed by atoms with E-state index in [0.717, 1.165) is 70.6 Å². The molecule has 0 spiro atoms. The predicted octanol–water partition coefficient (Wildman–Crippen LogP) is 14.3. The molecule has 6 atom stereocenters. The van der Waals surface area contributed by atoms with Crippen molar-refractivity contribution in [3.05, 3.63) is 48.6 Å². The fraction of sp³-hybridized carbons (Fsp3) is 0.847. The van der Waals surface area contributed by atoms with Gasteiger partial charge in [0.25, 0.3) is 0 Å². The Morgan fingerprint density at radius 3 is 1.19 bits per heavy atom. The van der Waals surface area contributed by atoms with E-state index in [-0.39, 0.29) is 13.0 Å². The Balaban J connectivity index is 2.29. The number of rotatable bonds is 51. The maximum atomic E-state index is 12.9. The third-order valence-electron chi connectivity index (χ3n) is 13.7. The third kappa shape index (κ3) is 39.7. The summed E-state index contributed by atoms with van der Waals surface area (Å²) < 4.78 is 34.4. The molecule has 0 bridgehead atoms. The van der Waals surface area contributed by atoms with Crippen LogP contribution in [-0.2, 0) is 27.9 Å². The first-order valence-corrected chi connectivity index (χ1v) is 31.0. The molecule has 1 saturated carbocycles. The topological polar surface area (TPSA) is 192 Å². The molecule has 6 unspecified atom stereocenters. The van der Waals surface area contributed by atoms with E-state index < -0.39 is 63.1 Å². The summed E-state index contributed by atoms with van der Waals surface area (Å²) in [7, 11) is -5.03. The van der Waals surface area contributed by atoms with Crippen molar-refractivity contribution >= 4 is 13.8 Å². The first-order valence-electron chi connectivity index (χ1n) is 29.5. The number of hydrogen-bond acceptors (Lipinski definition) is 11. The Bertz CT molecular complexity index is 1370. The van der Waals surface area contributed by atoms with E-state index in [4.69, 9.17) is 18.5 Å². The Labute approximate surface area is 439 Å². The van der Waals surface area contributed by atoms with Crippen molar-refractivity contribution in [2.45, 2.75) is 301 Å². The van der Waals surface area contributed by atoms with Crippen LogP contribution in [0.25, 0.3) is 0 Å². The molecule has 0 saturated heterocycles. The van der Waals surface area contributed by atoms with Crippen LogP contribution in [0.2, 0.25) is 0 Å². The van der Waals surface area contributed by atoms with E-state index in [1.807, 2.05) is 0 Å². The Morgan fingerprint density at radius 1 is 0.444 bits per heavy atom. The van der Waals surface area contributed by atoms with Gasteiger partial charge in [-0.05, 0) is 77.0 Å². The number of phosphoric ester groups is 1. The van der Waals surface area contributed by atoms with Crippen molar-refractivity contribution in [3.8, 4) is 0 Å². The van der Waals surface area contributed by atoms with Crippen molar-refractivity contribution in [2.75, 3.05) is 19.8 Å². The number of esters is 1. The summed E-state index contributed by atoms with van der Waals surface area (Å²) >= 11 is 0. The Kier molecular flexibility index (Phi) is 46.4. The van der Waals surface area contributed by atoms with Gasteiger partial charge >= 0.3 is 13.8 Å². The fourth-order valence-electron chi connectivity index (χ4n) is 9.01. The summed E-state index contributed by atoms with van der Waals surface area (Å²) in [5.41, 5.74) is 0. The minimum Gasteiger partial charge on any atom is -0.457 e. The van der Waals surface area contributed by atoms with Gasteiger partial charge in [-0.25, -0.2) is 4.57 Å². The predicted molar refractivity (Wildman–Crippen MR) is 295 cm³/mol. The molecular formula is C59H109O12P. The number of aliphatic hydroxyl groups excluding tert-OH is 5. The maximum Gasteiger partial charge on any atom is 0.472 e. The first kappa shape index (κ1) is 68.3. The number of hydrogen-bond donors (Lipinski definition) is 6. The monoisotopic (exact) mass is 1040 g/mol. The molecule has 422 valence electrons. The number of allylic oxidation sites excluding steroid dienone is 8. The van der Waals surface area contributed by atoms with E-state index in [1.54, 1.807) is 0 Å². The second-order valence-electron chi connectivity index (χ2n) is 20.5. The molecule has 0 radical (unpaired) electrons. The number of aliphatic hydroxyl groups is 5. The van der Waals surface area contributed by atoms with Crippen LogP contribution in [0.1, 0.15) is 258 Å². The Hall–Kier alpha value is -1.70. The molecule has 1 fully saturated rings. The molecule has 0 aromatic carbocycles. The second kappa shape index (κ2) is 48.9. The van der Waals surface area contributed by atoms with Crippen LogP contribution >= 0.6 is 7.82 Å². The van der Waals surface area contributed by atoms with Crippen LogP contribution in [-0.4, -0.2) is 98.9 Å². The van der Waals surface area contributed by atoms with E-state index in [9.17, 15) is 39.8 Å². The molecule has 0 amide bonds. The number of phosphoric acid groups is 1. The molecule has 1 aliphatic rings. The lowest BCUT2D eigenvalue weighted by atomic mass is 9.85. The van der Waals surface area contributed by atoms with E-state index in [2.05, 4.69) is 62.5 Å². The zero-order chi connectivity index (χ0) is 52.6. The molecule has 12 nitrogen and oxygen atoms in total. The summed E-state index contributed by atoms with van der Waals surface area (Å²) in [4.78, 5) is 23.3. The molecule has 13 heteroatoms. The van der Waals surface area contributed by atoms with Gasteiger partial charge in [0.2, 0.25) is 0 Å². The Morgan fingerprint density at radius 2 is 0.778 bits per heavy atom. The second-order valence-corrected chi connectivity index (χ2v) is 21.9. The van der Waals surface area contributed by atoms with Crippen LogP contribution in [0.15, 0.2) is 48.6 Å². The van der Waals surface area contributed by atoms with Crippen molar-refractivity contribution in [3.63, 3.8) is 0 Å². The van der Waals surface area contributed by atoms with Gasteiger partial charge in [-0.2, -0.15) is 0 Å². The molecule has 6 N–H and O–H groups in total. The van der Waals surface area contributed by atoms with Gasteiger partial charge in [0, 0.05) is 13.0 Å². The van der Waals surface area contributed by atoms with Crippen molar-refractivity contribution < 1.29 is 58.3 Å². The molecular weight excluding hydrogens is 932 g/mol.